The number of carbonyl (C=O) groups is 1. The van der Waals surface area contributed by atoms with Gasteiger partial charge in [0.25, 0.3) is 0 Å². The van der Waals surface area contributed by atoms with Crippen molar-refractivity contribution in [1.82, 2.24) is 14.9 Å². The van der Waals surface area contributed by atoms with Crippen LogP contribution in [0.3, 0.4) is 0 Å². The van der Waals surface area contributed by atoms with Crippen molar-refractivity contribution in [3.63, 3.8) is 0 Å². The Morgan fingerprint density at radius 1 is 1.40 bits per heavy atom. The van der Waals surface area contributed by atoms with Crippen LogP contribution in [0.25, 0.3) is 11.0 Å². The lowest BCUT2D eigenvalue weighted by atomic mass is 10.2. The lowest BCUT2D eigenvalue weighted by molar-refractivity contribution is -0.124. The van der Waals surface area contributed by atoms with E-state index in [1.165, 1.54) is 0 Å². The Hall–Kier alpha value is -1.55. The second-order valence-corrected chi connectivity index (χ2v) is 5.63. The van der Waals surface area contributed by atoms with Gasteiger partial charge in [-0.2, -0.15) is 0 Å². The standard InChI is InChI=1S/C15H20ClN3O/c1-9(2)17-15(20)11(4)19-13-6-5-10(3)7-12(13)18-14(19)8-16/h5-7,9,11H,8H2,1-4H3,(H,17,20). The van der Waals surface area contributed by atoms with Crippen LogP contribution in [0.2, 0.25) is 0 Å². The number of aromatic nitrogens is 2. The van der Waals surface area contributed by atoms with E-state index in [1.54, 1.807) is 0 Å². The Bertz CT molecular complexity index is 633. The van der Waals surface area contributed by atoms with Crippen LogP contribution in [-0.2, 0) is 10.7 Å². The van der Waals surface area contributed by atoms with Crippen molar-refractivity contribution in [3.05, 3.63) is 29.6 Å². The molecule has 1 amide bonds. The zero-order valence-electron chi connectivity index (χ0n) is 12.3. The zero-order valence-corrected chi connectivity index (χ0v) is 13.0. The largest absolute Gasteiger partial charge is 0.352 e. The fraction of sp³-hybridized carbons (Fsp3) is 0.467. The van der Waals surface area contributed by atoms with E-state index in [-0.39, 0.29) is 23.9 Å². The lowest BCUT2D eigenvalue weighted by Gasteiger charge is -2.18. The SMILES string of the molecule is Cc1ccc2c(c1)nc(CCl)n2C(C)C(=O)NC(C)C. The van der Waals surface area contributed by atoms with Crippen LogP contribution in [-0.4, -0.2) is 21.5 Å². The summed E-state index contributed by atoms with van der Waals surface area (Å²) in [5.41, 5.74) is 2.96. The summed E-state index contributed by atoms with van der Waals surface area (Å²) in [6.07, 6.45) is 0. The summed E-state index contributed by atoms with van der Waals surface area (Å²) in [7, 11) is 0. The third-order valence-corrected chi connectivity index (χ3v) is 3.47. The van der Waals surface area contributed by atoms with Gasteiger partial charge >= 0.3 is 0 Å². The van der Waals surface area contributed by atoms with E-state index in [1.807, 2.05) is 50.5 Å². The number of nitrogens with one attached hydrogen (secondary N) is 1. The molecule has 4 nitrogen and oxygen atoms in total. The Morgan fingerprint density at radius 3 is 2.70 bits per heavy atom. The van der Waals surface area contributed by atoms with Gasteiger partial charge in [0.05, 0.1) is 16.9 Å². The number of amides is 1. The van der Waals surface area contributed by atoms with Crippen LogP contribution in [0.15, 0.2) is 18.2 Å². The predicted octanol–water partition coefficient (Wildman–Crippen LogP) is 3.17. The number of hydrogen-bond acceptors (Lipinski definition) is 2. The first kappa shape index (κ1) is 14.9. The molecule has 0 saturated carbocycles. The van der Waals surface area contributed by atoms with Crippen molar-refractivity contribution < 1.29 is 4.79 Å². The summed E-state index contributed by atoms with van der Waals surface area (Å²) < 4.78 is 1.92. The number of alkyl halides is 1. The molecule has 0 saturated heterocycles. The van der Waals surface area contributed by atoms with Gasteiger partial charge in [0.15, 0.2) is 0 Å². The molecule has 5 heteroatoms. The smallest absolute Gasteiger partial charge is 0.243 e. The van der Waals surface area contributed by atoms with Gasteiger partial charge in [0, 0.05) is 6.04 Å². The van der Waals surface area contributed by atoms with Crippen molar-refractivity contribution in [1.29, 1.82) is 0 Å². The van der Waals surface area contributed by atoms with Crippen molar-refractivity contribution >= 4 is 28.5 Å². The first-order valence-corrected chi connectivity index (χ1v) is 7.31. The molecule has 0 fully saturated rings. The highest BCUT2D eigenvalue weighted by molar-refractivity contribution is 6.17. The number of carbonyl (C=O) groups excluding carboxylic acids is 1. The fourth-order valence-corrected chi connectivity index (χ4v) is 2.50. The summed E-state index contributed by atoms with van der Waals surface area (Å²) in [5.74, 6) is 0.984. The molecule has 1 N–H and O–H groups in total. The minimum absolute atomic E-state index is 0.0220. The number of hydrogen-bond donors (Lipinski definition) is 1. The van der Waals surface area contributed by atoms with Gasteiger partial charge < -0.3 is 9.88 Å². The summed E-state index contributed by atoms with van der Waals surface area (Å²) in [6.45, 7) is 7.79. The van der Waals surface area contributed by atoms with Gasteiger partial charge in [-0.3, -0.25) is 4.79 Å². The molecule has 0 aliphatic heterocycles. The second-order valence-electron chi connectivity index (χ2n) is 5.36. The maximum Gasteiger partial charge on any atom is 0.243 e. The van der Waals surface area contributed by atoms with E-state index in [0.29, 0.717) is 0 Å². The number of halogens is 1. The molecule has 20 heavy (non-hydrogen) atoms. The van der Waals surface area contributed by atoms with Gasteiger partial charge in [-0.25, -0.2) is 4.98 Å². The van der Waals surface area contributed by atoms with E-state index >= 15 is 0 Å². The van der Waals surface area contributed by atoms with Crippen molar-refractivity contribution in [3.8, 4) is 0 Å². The van der Waals surface area contributed by atoms with Gasteiger partial charge in [-0.05, 0) is 45.4 Å². The Labute approximate surface area is 124 Å². The molecule has 0 spiro atoms. The molecule has 1 aromatic heterocycles. The molecule has 1 aromatic carbocycles. The van der Waals surface area contributed by atoms with Gasteiger partial charge in [-0.1, -0.05) is 6.07 Å². The van der Waals surface area contributed by atoms with E-state index in [9.17, 15) is 4.79 Å². The summed E-state index contributed by atoms with van der Waals surface area (Å²) in [5, 5.41) is 2.93. The minimum atomic E-state index is -0.334. The minimum Gasteiger partial charge on any atom is -0.352 e. The van der Waals surface area contributed by atoms with E-state index in [4.69, 9.17) is 11.6 Å². The summed E-state index contributed by atoms with van der Waals surface area (Å²) >= 11 is 5.98. The molecule has 2 aromatic rings. The highest BCUT2D eigenvalue weighted by atomic mass is 35.5. The molecule has 0 bridgehead atoms. The van der Waals surface area contributed by atoms with Crippen molar-refractivity contribution in [2.45, 2.75) is 45.7 Å². The third kappa shape index (κ3) is 2.80. The Kier molecular flexibility index (Phi) is 4.33. The lowest BCUT2D eigenvalue weighted by Crippen LogP contribution is -2.36. The van der Waals surface area contributed by atoms with Gasteiger partial charge in [-0.15, -0.1) is 11.6 Å². The number of fused-ring (bicyclic) bond motifs is 1. The summed E-state index contributed by atoms with van der Waals surface area (Å²) in [4.78, 5) is 16.8. The van der Waals surface area contributed by atoms with Gasteiger partial charge in [0.1, 0.15) is 11.9 Å². The number of nitrogens with zero attached hydrogens (tertiary/aromatic N) is 2. The second kappa shape index (κ2) is 5.83. The topological polar surface area (TPSA) is 46.9 Å². The predicted molar refractivity (Wildman–Crippen MR) is 82.0 cm³/mol. The molecule has 1 atom stereocenters. The quantitative estimate of drug-likeness (QED) is 0.880. The number of rotatable bonds is 4. The van der Waals surface area contributed by atoms with E-state index < -0.39 is 0 Å². The average Bonchev–Trinajstić information content (AvgIpc) is 2.74. The summed E-state index contributed by atoms with van der Waals surface area (Å²) in [6, 6.07) is 5.80. The molecule has 0 radical (unpaired) electrons. The number of benzene rings is 1. The zero-order chi connectivity index (χ0) is 14.9. The maximum absolute atomic E-state index is 12.2. The Morgan fingerprint density at radius 2 is 2.10 bits per heavy atom. The molecular formula is C15H20ClN3O. The normalized spacial score (nSPS) is 12.9. The molecule has 0 aliphatic carbocycles. The van der Waals surface area contributed by atoms with E-state index in [2.05, 4.69) is 10.3 Å². The number of imidazole rings is 1. The van der Waals surface area contributed by atoms with Crippen LogP contribution >= 0.6 is 11.6 Å². The van der Waals surface area contributed by atoms with Crippen LogP contribution in [0, 0.1) is 6.92 Å². The first-order chi connectivity index (χ1) is 9.43. The number of aryl methyl sites for hydroxylation is 1. The monoisotopic (exact) mass is 293 g/mol. The third-order valence-electron chi connectivity index (χ3n) is 3.24. The molecule has 108 valence electrons. The van der Waals surface area contributed by atoms with Crippen LogP contribution in [0.4, 0.5) is 0 Å². The molecule has 0 aliphatic rings. The van der Waals surface area contributed by atoms with Crippen molar-refractivity contribution in [2.75, 3.05) is 0 Å². The van der Waals surface area contributed by atoms with Crippen LogP contribution in [0.1, 0.15) is 38.2 Å². The highest BCUT2D eigenvalue weighted by Gasteiger charge is 2.21. The van der Waals surface area contributed by atoms with Crippen molar-refractivity contribution in [2.24, 2.45) is 0 Å². The molecule has 2 rings (SSSR count). The average molecular weight is 294 g/mol. The molecule has 1 heterocycles. The van der Waals surface area contributed by atoms with E-state index in [0.717, 1.165) is 22.4 Å². The highest BCUT2D eigenvalue weighted by Crippen LogP contribution is 2.23. The maximum atomic E-state index is 12.2. The Balaban J connectivity index is 2.49. The fourth-order valence-electron chi connectivity index (χ4n) is 2.31. The molecule has 1 unspecified atom stereocenters. The molecular weight excluding hydrogens is 274 g/mol. The van der Waals surface area contributed by atoms with Gasteiger partial charge in [0.2, 0.25) is 5.91 Å². The first-order valence-electron chi connectivity index (χ1n) is 6.77. The van der Waals surface area contributed by atoms with Crippen LogP contribution in [0.5, 0.6) is 0 Å². The van der Waals surface area contributed by atoms with Crippen LogP contribution < -0.4 is 5.32 Å².